The minimum atomic E-state index is -0.0110. The van der Waals surface area contributed by atoms with Crippen molar-refractivity contribution in [2.45, 2.75) is 44.7 Å². The summed E-state index contributed by atoms with van der Waals surface area (Å²) in [7, 11) is 1.82. The van der Waals surface area contributed by atoms with Crippen molar-refractivity contribution in [2.24, 2.45) is 5.73 Å². The highest BCUT2D eigenvalue weighted by Crippen LogP contribution is 2.30. The SMILES string of the molecule is CCC(N)Cc1cccc(Cl)c1OCC(=O)N(C)C1CC1. The van der Waals surface area contributed by atoms with Crippen molar-refractivity contribution >= 4 is 17.5 Å². The fourth-order valence-electron chi connectivity index (χ4n) is 2.20. The molecule has 0 heterocycles. The van der Waals surface area contributed by atoms with Gasteiger partial charge in [-0.05, 0) is 37.3 Å². The Hall–Kier alpha value is -1.26. The van der Waals surface area contributed by atoms with Crippen LogP contribution in [0.2, 0.25) is 5.02 Å². The third kappa shape index (κ3) is 4.35. The molecule has 1 aliphatic rings. The normalized spacial score (nSPS) is 15.6. The van der Waals surface area contributed by atoms with Crippen LogP contribution in [0.5, 0.6) is 5.75 Å². The van der Waals surface area contributed by atoms with Crippen LogP contribution >= 0.6 is 11.6 Å². The van der Waals surface area contributed by atoms with Crippen LogP contribution in [0.15, 0.2) is 18.2 Å². The summed E-state index contributed by atoms with van der Waals surface area (Å²) in [6.45, 7) is 2.06. The quantitative estimate of drug-likeness (QED) is 0.842. The molecule has 1 saturated carbocycles. The van der Waals surface area contributed by atoms with Gasteiger partial charge in [-0.25, -0.2) is 0 Å². The second-order valence-corrected chi connectivity index (χ2v) is 6.03. The topological polar surface area (TPSA) is 55.6 Å². The summed E-state index contributed by atoms with van der Waals surface area (Å²) in [5.41, 5.74) is 6.96. The Morgan fingerprint density at radius 3 is 2.86 bits per heavy atom. The minimum absolute atomic E-state index is 0.0110. The van der Waals surface area contributed by atoms with Gasteiger partial charge in [0.2, 0.25) is 0 Å². The number of nitrogens with two attached hydrogens (primary N) is 1. The first-order chi connectivity index (χ1) is 10.0. The zero-order valence-corrected chi connectivity index (χ0v) is 13.4. The molecule has 0 spiro atoms. The summed E-state index contributed by atoms with van der Waals surface area (Å²) in [5.74, 6) is 0.573. The molecule has 2 rings (SSSR count). The smallest absolute Gasteiger partial charge is 0.260 e. The number of hydrogen-bond donors (Lipinski definition) is 1. The molecular weight excluding hydrogens is 288 g/mol. The Labute approximate surface area is 131 Å². The van der Waals surface area contributed by atoms with Gasteiger partial charge in [-0.3, -0.25) is 4.79 Å². The van der Waals surface area contributed by atoms with Crippen molar-refractivity contribution in [1.82, 2.24) is 4.90 Å². The lowest BCUT2D eigenvalue weighted by molar-refractivity contribution is -0.132. The molecule has 4 nitrogen and oxygen atoms in total. The second kappa shape index (κ2) is 7.14. The van der Waals surface area contributed by atoms with Gasteiger partial charge in [-0.2, -0.15) is 0 Å². The van der Waals surface area contributed by atoms with Crippen molar-refractivity contribution in [1.29, 1.82) is 0 Å². The number of carbonyl (C=O) groups excluding carboxylic acids is 1. The van der Waals surface area contributed by atoms with Crippen LogP contribution in [0.25, 0.3) is 0 Å². The van der Waals surface area contributed by atoms with E-state index < -0.39 is 0 Å². The Morgan fingerprint density at radius 2 is 2.24 bits per heavy atom. The number of benzene rings is 1. The van der Waals surface area contributed by atoms with Gasteiger partial charge in [0.05, 0.1) is 5.02 Å². The fourth-order valence-corrected chi connectivity index (χ4v) is 2.45. The van der Waals surface area contributed by atoms with Crippen molar-refractivity contribution in [3.05, 3.63) is 28.8 Å². The largest absolute Gasteiger partial charge is 0.482 e. The van der Waals surface area contributed by atoms with Crippen LogP contribution in [0.4, 0.5) is 0 Å². The molecule has 0 bridgehead atoms. The van der Waals surface area contributed by atoms with Crippen LogP contribution in [0.3, 0.4) is 0 Å². The maximum Gasteiger partial charge on any atom is 0.260 e. The highest BCUT2D eigenvalue weighted by molar-refractivity contribution is 6.32. The highest BCUT2D eigenvalue weighted by Gasteiger charge is 2.29. The summed E-state index contributed by atoms with van der Waals surface area (Å²) < 4.78 is 5.70. The number of carbonyl (C=O) groups is 1. The third-order valence-corrected chi connectivity index (χ3v) is 4.18. The molecule has 0 aromatic heterocycles. The Kier molecular flexibility index (Phi) is 5.48. The van der Waals surface area contributed by atoms with Gasteiger partial charge in [0.15, 0.2) is 6.61 Å². The predicted octanol–water partition coefficient (Wildman–Crippen LogP) is 2.62. The van der Waals surface area contributed by atoms with Crippen molar-refractivity contribution in [3.63, 3.8) is 0 Å². The van der Waals surface area contributed by atoms with E-state index in [1.165, 1.54) is 0 Å². The molecular formula is C16H23ClN2O2. The zero-order valence-electron chi connectivity index (χ0n) is 12.6. The molecule has 1 fully saturated rings. The molecule has 0 radical (unpaired) electrons. The van der Waals surface area contributed by atoms with Gasteiger partial charge in [0.25, 0.3) is 5.91 Å². The van der Waals surface area contributed by atoms with Crippen LogP contribution < -0.4 is 10.5 Å². The summed E-state index contributed by atoms with van der Waals surface area (Å²) in [5, 5.41) is 0.526. The summed E-state index contributed by atoms with van der Waals surface area (Å²) in [6.07, 6.45) is 3.75. The van der Waals surface area contributed by atoms with E-state index in [-0.39, 0.29) is 18.6 Å². The fraction of sp³-hybridized carbons (Fsp3) is 0.562. The van der Waals surface area contributed by atoms with E-state index >= 15 is 0 Å². The predicted molar refractivity (Wildman–Crippen MR) is 84.7 cm³/mol. The molecule has 1 amide bonds. The van der Waals surface area contributed by atoms with Gasteiger partial charge in [0, 0.05) is 19.1 Å². The number of halogens is 1. The molecule has 1 aliphatic carbocycles. The first-order valence-electron chi connectivity index (χ1n) is 7.44. The molecule has 1 aromatic rings. The second-order valence-electron chi connectivity index (χ2n) is 5.63. The Balaban J connectivity index is 2.02. The van der Waals surface area contributed by atoms with Crippen LogP contribution in [0.1, 0.15) is 31.7 Å². The Morgan fingerprint density at radius 1 is 1.52 bits per heavy atom. The summed E-state index contributed by atoms with van der Waals surface area (Å²) in [6, 6.07) is 6.06. The molecule has 1 aromatic carbocycles. The first kappa shape index (κ1) is 16.1. The average molecular weight is 311 g/mol. The molecule has 1 unspecified atom stereocenters. The number of para-hydroxylation sites is 1. The maximum absolute atomic E-state index is 12.0. The van der Waals surface area contributed by atoms with Gasteiger partial charge in [-0.15, -0.1) is 0 Å². The Bertz CT molecular complexity index is 503. The lowest BCUT2D eigenvalue weighted by Gasteiger charge is -2.19. The number of hydrogen-bond acceptors (Lipinski definition) is 3. The third-order valence-electron chi connectivity index (χ3n) is 3.88. The van der Waals surface area contributed by atoms with Crippen LogP contribution in [0, 0.1) is 0 Å². The highest BCUT2D eigenvalue weighted by atomic mass is 35.5. The zero-order chi connectivity index (χ0) is 15.4. The molecule has 0 saturated heterocycles. The minimum Gasteiger partial charge on any atom is -0.482 e. The lowest BCUT2D eigenvalue weighted by Crippen LogP contribution is -2.33. The van der Waals surface area contributed by atoms with Gasteiger partial charge in [-0.1, -0.05) is 30.7 Å². The van der Waals surface area contributed by atoms with Gasteiger partial charge < -0.3 is 15.4 Å². The first-order valence-corrected chi connectivity index (χ1v) is 7.82. The number of rotatable bonds is 7. The molecule has 2 N–H and O–H groups in total. The molecule has 116 valence electrons. The lowest BCUT2D eigenvalue weighted by atomic mass is 10.0. The van der Waals surface area contributed by atoms with E-state index in [1.807, 2.05) is 26.1 Å². The molecule has 1 atom stereocenters. The van der Waals surface area contributed by atoms with E-state index in [1.54, 1.807) is 11.0 Å². The van der Waals surface area contributed by atoms with E-state index in [4.69, 9.17) is 22.1 Å². The number of likely N-dealkylation sites (N-methyl/N-ethyl adjacent to an activating group) is 1. The van der Waals surface area contributed by atoms with E-state index in [9.17, 15) is 4.79 Å². The number of ether oxygens (including phenoxy) is 1. The number of amides is 1. The van der Waals surface area contributed by atoms with E-state index in [0.29, 0.717) is 23.2 Å². The van der Waals surface area contributed by atoms with E-state index in [2.05, 4.69) is 0 Å². The average Bonchev–Trinajstić information content (AvgIpc) is 3.30. The van der Waals surface area contributed by atoms with E-state index in [0.717, 1.165) is 24.8 Å². The van der Waals surface area contributed by atoms with Crippen molar-refractivity contribution < 1.29 is 9.53 Å². The summed E-state index contributed by atoms with van der Waals surface area (Å²) in [4.78, 5) is 13.8. The van der Waals surface area contributed by atoms with Crippen LogP contribution in [-0.2, 0) is 11.2 Å². The maximum atomic E-state index is 12.0. The van der Waals surface area contributed by atoms with Crippen molar-refractivity contribution in [3.8, 4) is 5.75 Å². The van der Waals surface area contributed by atoms with Crippen LogP contribution in [-0.4, -0.2) is 36.5 Å². The monoisotopic (exact) mass is 310 g/mol. The number of nitrogens with zero attached hydrogens (tertiary/aromatic N) is 1. The molecule has 0 aliphatic heterocycles. The molecule has 5 heteroatoms. The van der Waals surface area contributed by atoms with Gasteiger partial charge >= 0.3 is 0 Å². The summed E-state index contributed by atoms with van der Waals surface area (Å²) >= 11 is 6.20. The molecule has 21 heavy (non-hydrogen) atoms. The van der Waals surface area contributed by atoms with Gasteiger partial charge in [0.1, 0.15) is 5.75 Å². The van der Waals surface area contributed by atoms with Crippen molar-refractivity contribution in [2.75, 3.05) is 13.7 Å². The standard InChI is InChI=1S/C16H23ClN2O2/c1-3-12(18)9-11-5-4-6-14(17)16(11)21-10-15(20)19(2)13-7-8-13/h4-6,12-13H,3,7-10,18H2,1-2H3.